The number of nitrogens with two attached hydrogens (primary N) is 1. The van der Waals surface area contributed by atoms with Crippen molar-refractivity contribution in [1.29, 1.82) is 0 Å². The van der Waals surface area contributed by atoms with Crippen LogP contribution < -0.4 is 5.73 Å². The average Bonchev–Trinajstić information content (AvgIpc) is 2.59. The monoisotopic (exact) mass is 275 g/mol. The van der Waals surface area contributed by atoms with Gasteiger partial charge in [0.15, 0.2) is 15.1 Å². The van der Waals surface area contributed by atoms with Gasteiger partial charge in [-0.05, 0) is 26.3 Å². The Morgan fingerprint density at radius 2 is 2.06 bits per heavy atom. The van der Waals surface area contributed by atoms with Gasteiger partial charge in [-0.15, -0.1) is 0 Å². The molecule has 0 radical (unpaired) electrons. The summed E-state index contributed by atoms with van der Waals surface area (Å²) in [5.74, 6) is 0. The zero-order chi connectivity index (χ0) is 13.3. The molecule has 2 N–H and O–H groups in total. The molecule has 1 heterocycles. The number of alkyl halides is 3. The second kappa shape index (κ2) is 5.11. The normalized spacial score (nSPS) is 28.3. The summed E-state index contributed by atoms with van der Waals surface area (Å²) in [6, 6.07) is 0. The number of halogens is 3. The molecule has 0 spiro atoms. The molecule has 0 amide bonds. The molecular formula is C9H16F3NO3S. The smallest absolute Gasteiger partial charge is 0.377 e. The molecule has 17 heavy (non-hydrogen) atoms. The second-order valence-electron chi connectivity index (χ2n) is 4.10. The molecule has 0 saturated carbocycles. The zero-order valence-electron chi connectivity index (χ0n) is 9.40. The first-order chi connectivity index (χ1) is 7.71. The van der Waals surface area contributed by atoms with Gasteiger partial charge in [-0.25, -0.2) is 8.42 Å². The first-order valence-corrected chi connectivity index (χ1v) is 6.93. The third-order valence-electron chi connectivity index (χ3n) is 2.92. The molecule has 102 valence electrons. The van der Waals surface area contributed by atoms with E-state index in [2.05, 4.69) is 0 Å². The Labute approximate surface area is 98.2 Å². The fraction of sp³-hybridized carbons (Fsp3) is 1.00. The van der Waals surface area contributed by atoms with Crippen molar-refractivity contribution < 1.29 is 26.3 Å². The van der Waals surface area contributed by atoms with Gasteiger partial charge in [0, 0.05) is 6.61 Å². The summed E-state index contributed by atoms with van der Waals surface area (Å²) in [5.41, 5.74) is 5.06. The van der Waals surface area contributed by atoms with E-state index in [0.29, 0.717) is 0 Å². The molecule has 4 nitrogen and oxygen atoms in total. The summed E-state index contributed by atoms with van der Waals surface area (Å²) in [6.07, 6.45) is -5.96. The van der Waals surface area contributed by atoms with E-state index in [1.807, 2.05) is 0 Å². The van der Waals surface area contributed by atoms with Crippen molar-refractivity contribution in [3.8, 4) is 0 Å². The van der Waals surface area contributed by atoms with Gasteiger partial charge in [0.1, 0.15) is 0 Å². The third-order valence-corrected chi connectivity index (χ3v) is 5.68. The van der Waals surface area contributed by atoms with E-state index in [-0.39, 0.29) is 19.6 Å². The van der Waals surface area contributed by atoms with Crippen LogP contribution in [-0.4, -0.2) is 44.3 Å². The number of hydrogen-bond donors (Lipinski definition) is 1. The molecule has 0 bridgehead atoms. The van der Waals surface area contributed by atoms with E-state index in [4.69, 9.17) is 10.5 Å². The second-order valence-corrected chi connectivity index (χ2v) is 6.45. The Kier molecular flexibility index (Phi) is 4.43. The minimum atomic E-state index is -4.78. The van der Waals surface area contributed by atoms with E-state index >= 15 is 0 Å². The van der Waals surface area contributed by atoms with Crippen LogP contribution in [0.5, 0.6) is 0 Å². The van der Waals surface area contributed by atoms with Gasteiger partial charge in [0.05, 0.1) is 11.4 Å². The summed E-state index contributed by atoms with van der Waals surface area (Å²) < 4.78 is 67.0. The van der Waals surface area contributed by atoms with Crippen molar-refractivity contribution in [2.45, 2.75) is 42.5 Å². The standard InChI is InChI=1S/C9H16F3NO3S/c1-6-7(3-5-16-6)17(14,15)8(2-4-13)9(10,11)12/h6-8H,2-5,13H2,1H3. The van der Waals surface area contributed by atoms with Crippen molar-refractivity contribution in [3.05, 3.63) is 0 Å². The molecule has 1 aliphatic rings. The van der Waals surface area contributed by atoms with Gasteiger partial charge < -0.3 is 10.5 Å². The Hall–Kier alpha value is -0.340. The maximum atomic E-state index is 12.7. The predicted molar refractivity (Wildman–Crippen MR) is 56.3 cm³/mol. The van der Waals surface area contributed by atoms with E-state index in [0.717, 1.165) is 0 Å². The van der Waals surface area contributed by atoms with Crippen molar-refractivity contribution in [1.82, 2.24) is 0 Å². The molecule has 8 heteroatoms. The Morgan fingerprint density at radius 3 is 2.41 bits per heavy atom. The quantitative estimate of drug-likeness (QED) is 0.826. The molecule has 3 unspecified atom stereocenters. The summed E-state index contributed by atoms with van der Waals surface area (Å²) in [7, 11) is -4.30. The SMILES string of the molecule is CC1OCCC1S(=O)(=O)C(CCN)C(F)(F)F. The number of ether oxygens (including phenoxy) is 1. The molecule has 0 aliphatic carbocycles. The number of sulfone groups is 1. The lowest BCUT2D eigenvalue weighted by atomic mass is 10.2. The van der Waals surface area contributed by atoms with Crippen LogP contribution in [0.3, 0.4) is 0 Å². The Bertz CT molecular complexity index is 355. The highest BCUT2D eigenvalue weighted by atomic mass is 32.2. The van der Waals surface area contributed by atoms with Crippen LogP contribution >= 0.6 is 0 Å². The summed E-state index contributed by atoms with van der Waals surface area (Å²) in [6.45, 7) is 1.34. The average molecular weight is 275 g/mol. The minimum absolute atomic E-state index is 0.112. The van der Waals surface area contributed by atoms with Gasteiger partial charge in [-0.3, -0.25) is 0 Å². The molecule has 1 fully saturated rings. The summed E-state index contributed by atoms with van der Waals surface area (Å²) >= 11 is 0. The fourth-order valence-electron chi connectivity index (χ4n) is 2.02. The topological polar surface area (TPSA) is 69.4 Å². The first-order valence-electron chi connectivity index (χ1n) is 5.32. The van der Waals surface area contributed by atoms with Crippen LogP contribution in [0, 0.1) is 0 Å². The fourth-order valence-corrected chi connectivity index (χ4v) is 4.32. The van der Waals surface area contributed by atoms with Crippen molar-refractivity contribution in [2.24, 2.45) is 5.73 Å². The molecule has 0 aromatic carbocycles. The van der Waals surface area contributed by atoms with Crippen molar-refractivity contribution in [2.75, 3.05) is 13.2 Å². The van der Waals surface area contributed by atoms with E-state index in [1.54, 1.807) is 0 Å². The predicted octanol–water partition coefficient (Wildman–Crippen LogP) is 0.858. The van der Waals surface area contributed by atoms with E-state index < -0.39 is 39.0 Å². The van der Waals surface area contributed by atoms with Gasteiger partial charge in [-0.1, -0.05) is 0 Å². The highest BCUT2D eigenvalue weighted by molar-refractivity contribution is 7.92. The maximum Gasteiger partial charge on any atom is 0.405 e. The highest BCUT2D eigenvalue weighted by Gasteiger charge is 2.52. The molecule has 0 aromatic heterocycles. The lowest BCUT2D eigenvalue weighted by Gasteiger charge is -2.24. The maximum absolute atomic E-state index is 12.7. The van der Waals surface area contributed by atoms with Crippen molar-refractivity contribution in [3.63, 3.8) is 0 Å². The Morgan fingerprint density at radius 1 is 1.47 bits per heavy atom. The zero-order valence-corrected chi connectivity index (χ0v) is 10.2. The lowest BCUT2D eigenvalue weighted by Crippen LogP contribution is -2.45. The third kappa shape index (κ3) is 3.11. The van der Waals surface area contributed by atoms with Crippen LogP contribution in [-0.2, 0) is 14.6 Å². The van der Waals surface area contributed by atoms with Gasteiger partial charge in [0.25, 0.3) is 0 Å². The van der Waals surface area contributed by atoms with Crippen LogP contribution in [0.25, 0.3) is 0 Å². The van der Waals surface area contributed by atoms with E-state index in [9.17, 15) is 21.6 Å². The molecule has 1 rings (SSSR count). The summed E-state index contributed by atoms with van der Waals surface area (Å²) in [4.78, 5) is 0. The molecule has 1 aliphatic heterocycles. The molecule has 0 aromatic rings. The van der Waals surface area contributed by atoms with Gasteiger partial charge in [0.2, 0.25) is 0 Å². The van der Waals surface area contributed by atoms with Crippen LogP contribution in [0.4, 0.5) is 13.2 Å². The van der Waals surface area contributed by atoms with Crippen LogP contribution in [0.1, 0.15) is 19.8 Å². The highest BCUT2D eigenvalue weighted by Crippen LogP contribution is 2.34. The number of hydrogen-bond acceptors (Lipinski definition) is 4. The number of rotatable bonds is 4. The molecule has 1 saturated heterocycles. The van der Waals surface area contributed by atoms with Crippen molar-refractivity contribution >= 4 is 9.84 Å². The largest absolute Gasteiger partial charge is 0.405 e. The first kappa shape index (κ1) is 14.7. The minimum Gasteiger partial charge on any atom is -0.377 e. The lowest BCUT2D eigenvalue weighted by molar-refractivity contribution is -0.131. The van der Waals surface area contributed by atoms with Crippen LogP contribution in [0.2, 0.25) is 0 Å². The summed E-state index contributed by atoms with van der Waals surface area (Å²) in [5, 5.41) is -3.46. The molecular weight excluding hydrogens is 259 g/mol. The molecule has 3 atom stereocenters. The van der Waals surface area contributed by atoms with Gasteiger partial charge >= 0.3 is 6.18 Å². The van der Waals surface area contributed by atoms with Crippen LogP contribution in [0.15, 0.2) is 0 Å². The van der Waals surface area contributed by atoms with E-state index in [1.165, 1.54) is 6.92 Å². The Balaban J connectivity index is 3.00. The van der Waals surface area contributed by atoms with Gasteiger partial charge in [-0.2, -0.15) is 13.2 Å².